The van der Waals surface area contributed by atoms with Gasteiger partial charge in [-0.25, -0.2) is 8.42 Å². The molecule has 0 aromatic heterocycles. The molecule has 0 aliphatic carbocycles. The Hall–Kier alpha value is -2.25. The maximum Gasteiger partial charge on any atom is 0.262 e. The summed E-state index contributed by atoms with van der Waals surface area (Å²) in [5, 5.41) is 3.02. The van der Waals surface area contributed by atoms with Gasteiger partial charge in [-0.05, 0) is 48.9 Å². The van der Waals surface area contributed by atoms with Crippen molar-refractivity contribution in [2.75, 3.05) is 17.1 Å². The zero-order chi connectivity index (χ0) is 17.9. The second-order valence-electron chi connectivity index (χ2n) is 5.11. The molecule has 0 saturated carbocycles. The van der Waals surface area contributed by atoms with Gasteiger partial charge in [0.25, 0.3) is 10.0 Å². The van der Waals surface area contributed by atoms with Gasteiger partial charge in [0.1, 0.15) is 5.75 Å². The number of anilines is 2. The number of nitrogens with one attached hydrogen (secondary N) is 2. The van der Waals surface area contributed by atoms with Crippen LogP contribution >= 0.6 is 11.6 Å². The number of benzene rings is 2. The van der Waals surface area contributed by atoms with Crippen LogP contribution in [0.15, 0.2) is 41.3 Å². The average molecular weight is 369 g/mol. The van der Waals surface area contributed by atoms with Gasteiger partial charge in [0.15, 0.2) is 0 Å². The number of hydrogen-bond acceptors (Lipinski definition) is 4. The van der Waals surface area contributed by atoms with Gasteiger partial charge in [0.2, 0.25) is 5.91 Å². The quantitative estimate of drug-likeness (QED) is 0.846. The number of halogens is 1. The Morgan fingerprint density at radius 1 is 1.12 bits per heavy atom. The van der Waals surface area contributed by atoms with Gasteiger partial charge in [0, 0.05) is 17.6 Å². The van der Waals surface area contributed by atoms with Gasteiger partial charge in [-0.3, -0.25) is 9.52 Å². The molecule has 0 aliphatic heterocycles. The van der Waals surface area contributed by atoms with E-state index in [-0.39, 0.29) is 16.5 Å². The van der Waals surface area contributed by atoms with Gasteiger partial charge in [-0.2, -0.15) is 0 Å². The zero-order valence-corrected chi connectivity index (χ0v) is 15.0. The van der Waals surface area contributed by atoms with Crippen molar-refractivity contribution >= 4 is 38.9 Å². The van der Waals surface area contributed by atoms with E-state index in [0.717, 1.165) is 0 Å². The minimum Gasteiger partial charge on any atom is -0.495 e. The van der Waals surface area contributed by atoms with Gasteiger partial charge < -0.3 is 10.1 Å². The summed E-state index contributed by atoms with van der Waals surface area (Å²) in [5.41, 5.74) is 1.43. The fraction of sp³-hybridized carbons (Fsp3) is 0.188. The van der Waals surface area contributed by atoms with Crippen LogP contribution in [0.25, 0.3) is 0 Å². The topological polar surface area (TPSA) is 84.5 Å². The van der Waals surface area contributed by atoms with Crippen LogP contribution in [0.5, 0.6) is 5.75 Å². The number of sulfonamides is 1. The third-order valence-corrected chi connectivity index (χ3v) is 4.82. The monoisotopic (exact) mass is 368 g/mol. The van der Waals surface area contributed by atoms with E-state index in [2.05, 4.69) is 10.0 Å². The summed E-state index contributed by atoms with van der Waals surface area (Å²) in [4.78, 5) is 11.2. The summed E-state index contributed by atoms with van der Waals surface area (Å²) in [5.74, 6) is 0.130. The zero-order valence-electron chi connectivity index (χ0n) is 13.4. The molecule has 0 radical (unpaired) electrons. The van der Waals surface area contributed by atoms with Crippen molar-refractivity contribution in [2.24, 2.45) is 0 Å². The molecule has 6 nitrogen and oxygen atoms in total. The average Bonchev–Trinajstić information content (AvgIpc) is 2.48. The van der Waals surface area contributed by atoms with Gasteiger partial charge in [-0.1, -0.05) is 11.6 Å². The second kappa shape index (κ2) is 7.11. The molecule has 2 aromatic carbocycles. The lowest BCUT2D eigenvalue weighted by atomic mass is 10.2. The Morgan fingerprint density at radius 2 is 1.83 bits per heavy atom. The van der Waals surface area contributed by atoms with Crippen molar-refractivity contribution in [2.45, 2.75) is 18.7 Å². The molecule has 2 N–H and O–H groups in total. The van der Waals surface area contributed by atoms with Crippen LogP contribution in [-0.2, 0) is 14.8 Å². The highest BCUT2D eigenvalue weighted by molar-refractivity contribution is 7.92. The molecule has 1 amide bonds. The van der Waals surface area contributed by atoms with E-state index in [1.807, 2.05) is 0 Å². The molecule has 8 heteroatoms. The lowest BCUT2D eigenvalue weighted by molar-refractivity contribution is -0.114. The Labute approximate surface area is 145 Å². The Kier molecular flexibility index (Phi) is 5.36. The highest BCUT2D eigenvalue weighted by atomic mass is 35.5. The van der Waals surface area contributed by atoms with Crippen molar-refractivity contribution < 1.29 is 17.9 Å². The van der Waals surface area contributed by atoms with E-state index < -0.39 is 10.0 Å². The summed E-state index contributed by atoms with van der Waals surface area (Å²) in [7, 11) is -2.39. The normalized spacial score (nSPS) is 11.0. The number of amides is 1. The SMILES string of the molecule is COc1ccc(Cl)cc1NS(=O)(=O)c1ccc(NC(C)=O)c(C)c1. The first-order valence-corrected chi connectivity index (χ1v) is 8.83. The van der Waals surface area contributed by atoms with Crippen molar-refractivity contribution in [3.8, 4) is 5.75 Å². The highest BCUT2D eigenvalue weighted by Crippen LogP contribution is 2.30. The first-order valence-electron chi connectivity index (χ1n) is 6.97. The van der Waals surface area contributed by atoms with E-state index in [1.54, 1.807) is 25.1 Å². The number of methoxy groups -OCH3 is 1. The van der Waals surface area contributed by atoms with E-state index in [1.165, 1.54) is 32.2 Å². The first kappa shape index (κ1) is 18.1. The van der Waals surface area contributed by atoms with Gasteiger partial charge in [-0.15, -0.1) is 0 Å². The number of aryl methyl sites for hydroxylation is 1. The number of carbonyl (C=O) groups is 1. The molecular formula is C16H17ClN2O4S. The number of carbonyl (C=O) groups excluding carboxylic acids is 1. The third-order valence-electron chi connectivity index (χ3n) is 3.22. The van der Waals surface area contributed by atoms with Crippen molar-refractivity contribution in [3.63, 3.8) is 0 Å². The Bertz CT molecular complexity index is 882. The summed E-state index contributed by atoms with van der Waals surface area (Å²) in [6.07, 6.45) is 0. The molecule has 0 saturated heterocycles. The van der Waals surface area contributed by atoms with Crippen molar-refractivity contribution in [1.82, 2.24) is 0 Å². The van der Waals surface area contributed by atoms with Crippen LogP contribution in [0.1, 0.15) is 12.5 Å². The Morgan fingerprint density at radius 3 is 2.42 bits per heavy atom. The molecule has 0 heterocycles. The fourth-order valence-electron chi connectivity index (χ4n) is 2.10. The van der Waals surface area contributed by atoms with E-state index in [9.17, 15) is 13.2 Å². The molecule has 0 fully saturated rings. The maximum absolute atomic E-state index is 12.6. The predicted octanol–water partition coefficient (Wildman–Crippen LogP) is 3.42. The lowest BCUT2D eigenvalue weighted by Crippen LogP contribution is -2.14. The highest BCUT2D eigenvalue weighted by Gasteiger charge is 2.18. The summed E-state index contributed by atoms with van der Waals surface area (Å²) < 4.78 is 32.7. The van der Waals surface area contributed by atoms with Crippen molar-refractivity contribution in [1.29, 1.82) is 0 Å². The van der Waals surface area contributed by atoms with Crippen LogP contribution in [0.2, 0.25) is 5.02 Å². The van der Waals surface area contributed by atoms with Crippen molar-refractivity contribution in [3.05, 3.63) is 47.0 Å². The molecule has 128 valence electrons. The first-order chi connectivity index (χ1) is 11.2. The van der Waals surface area contributed by atoms with Crippen LogP contribution in [-0.4, -0.2) is 21.4 Å². The number of rotatable bonds is 5. The van der Waals surface area contributed by atoms with Gasteiger partial charge >= 0.3 is 0 Å². The Balaban J connectivity index is 2.36. The molecule has 24 heavy (non-hydrogen) atoms. The van der Waals surface area contributed by atoms with Crippen LogP contribution in [0.3, 0.4) is 0 Å². The summed E-state index contributed by atoms with van der Waals surface area (Å²) >= 11 is 5.91. The molecular weight excluding hydrogens is 352 g/mol. The minimum absolute atomic E-state index is 0.0659. The van der Waals surface area contributed by atoms with E-state index in [0.29, 0.717) is 22.0 Å². The van der Waals surface area contributed by atoms with Crippen LogP contribution < -0.4 is 14.8 Å². The summed E-state index contributed by atoms with van der Waals surface area (Å²) in [6, 6.07) is 9.08. The molecule has 0 spiro atoms. The summed E-state index contributed by atoms with van der Waals surface area (Å²) in [6.45, 7) is 3.10. The van der Waals surface area contributed by atoms with Gasteiger partial charge in [0.05, 0.1) is 17.7 Å². The van der Waals surface area contributed by atoms with E-state index in [4.69, 9.17) is 16.3 Å². The lowest BCUT2D eigenvalue weighted by Gasteiger charge is -2.13. The second-order valence-corrected chi connectivity index (χ2v) is 7.23. The minimum atomic E-state index is -3.83. The smallest absolute Gasteiger partial charge is 0.262 e. The molecule has 0 unspecified atom stereocenters. The fourth-order valence-corrected chi connectivity index (χ4v) is 3.41. The predicted molar refractivity (Wildman–Crippen MR) is 94.3 cm³/mol. The maximum atomic E-state index is 12.6. The molecule has 0 bridgehead atoms. The molecule has 2 rings (SSSR count). The molecule has 2 aromatic rings. The van der Waals surface area contributed by atoms with Crippen LogP contribution in [0, 0.1) is 6.92 Å². The number of hydrogen-bond donors (Lipinski definition) is 2. The molecule has 0 aliphatic rings. The number of ether oxygens (including phenoxy) is 1. The van der Waals surface area contributed by atoms with Crippen LogP contribution in [0.4, 0.5) is 11.4 Å². The molecule has 0 atom stereocenters. The third kappa shape index (κ3) is 4.18. The van der Waals surface area contributed by atoms with E-state index >= 15 is 0 Å². The standard InChI is InChI=1S/C16H17ClN2O4S/c1-10-8-13(5-6-14(10)18-11(2)20)24(21,22)19-15-9-12(17)4-7-16(15)23-3/h4-9,19H,1-3H3,(H,18,20). The largest absolute Gasteiger partial charge is 0.495 e.